The van der Waals surface area contributed by atoms with E-state index in [1.165, 1.54) is 154 Å². The van der Waals surface area contributed by atoms with Gasteiger partial charge in [-0.3, -0.25) is 14.2 Å². The molecule has 0 fully saturated rings. The fraction of sp³-hybridized carbons (Fsp3) is 0.758. The first-order valence-electron chi connectivity index (χ1n) is 31.3. The molecule has 0 spiro atoms. The van der Waals surface area contributed by atoms with Crippen LogP contribution in [0.3, 0.4) is 0 Å². The Morgan fingerprint density at radius 3 is 1.12 bits per heavy atom. The number of ether oxygens (including phenoxy) is 2. The number of quaternary nitrogens is 1. The molecule has 9 nitrogen and oxygen atoms in total. The first-order chi connectivity index (χ1) is 37.0. The molecule has 2 unspecified atom stereocenters. The van der Waals surface area contributed by atoms with Crippen LogP contribution in [0, 0.1) is 0 Å². The number of nitrogens with zero attached hydrogens (tertiary/aromatic N) is 1. The van der Waals surface area contributed by atoms with Gasteiger partial charge in [0.15, 0.2) is 6.10 Å². The highest BCUT2D eigenvalue weighted by Crippen LogP contribution is 2.38. The summed E-state index contributed by atoms with van der Waals surface area (Å²) in [4.78, 5) is 37.9. The van der Waals surface area contributed by atoms with Crippen molar-refractivity contribution >= 4 is 19.8 Å². The van der Waals surface area contributed by atoms with Crippen molar-refractivity contribution in [3.8, 4) is 0 Å². The standard InChI is InChI=1S/C66H118NO8P/c1-6-8-10-12-14-16-18-20-22-24-26-28-30-32-33-35-36-38-40-42-44-46-48-50-52-54-56-58-65(68)72-62-64(63-74-76(70,71)73-61-60-67(3,4)5)75-66(69)59-57-55-53-51-49-47-45-43-41-39-37-34-31-29-27-25-23-21-19-17-15-13-11-9-7-2/h9,11,15,17,21,23,27,29,34,37,41,43,47,49,64H,6-8,10,12-14,16,18-20,22,24-26,28,30-33,35-36,38-40,42,44-46,48,50-63H2,1-5H3/b11-9-,17-15-,23-21-,29-27-,37-34-,43-41-,49-47-. The second kappa shape index (κ2) is 56.9. The maximum Gasteiger partial charge on any atom is 0.306 e. The van der Waals surface area contributed by atoms with Gasteiger partial charge in [-0.25, -0.2) is 0 Å². The Morgan fingerprint density at radius 2 is 0.750 bits per heavy atom. The lowest BCUT2D eigenvalue weighted by atomic mass is 10.0. The lowest BCUT2D eigenvalue weighted by molar-refractivity contribution is -0.870. The Morgan fingerprint density at radius 1 is 0.421 bits per heavy atom. The predicted molar refractivity (Wildman–Crippen MR) is 323 cm³/mol. The van der Waals surface area contributed by atoms with Crippen molar-refractivity contribution in [1.82, 2.24) is 0 Å². The summed E-state index contributed by atoms with van der Waals surface area (Å²) in [6.45, 7) is 4.11. The first-order valence-corrected chi connectivity index (χ1v) is 32.8. The van der Waals surface area contributed by atoms with Crippen molar-refractivity contribution in [2.45, 2.75) is 277 Å². The minimum atomic E-state index is -4.65. The maximum atomic E-state index is 12.8. The molecule has 2 atom stereocenters. The number of phosphoric ester groups is 1. The molecule has 0 N–H and O–H groups in total. The molecule has 0 radical (unpaired) electrons. The first kappa shape index (κ1) is 73.2. The highest BCUT2D eigenvalue weighted by atomic mass is 31.2. The van der Waals surface area contributed by atoms with E-state index in [4.69, 9.17) is 18.5 Å². The lowest BCUT2D eigenvalue weighted by Gasteiger charge is -2.28. The van der Waals surface area contributed by atoms with Crippen LogP contribution in [-0.4, -0.2) is 70.0 Å². The summed E-state index contributed by atoms with van der Waals surface area (Å²) < 4.78 is 34.2. The van der Waals surface area contributed by atoms with Gasteiger partial charge in [0.05, 0.1) is 27.7 Å². The van der Waals surface area contributed by atoms with Gasteiger partial charge in [0, 0.05) is 12.8 Å². The van der Waals surface area contributed by atoms with Crippen molar-refractivity contribution in [2.75, 3.05) is 47.5 Å². The van der Waals surface area contributed by atoms with Crippen LogP contribution in [0.5, 0.6) is 0 Å². The number of carbonyl (C=O) groups excluding carboxylic acids is 2. The second-order valence-electron chi connectivity index (χ2n) is 22.0. The van der Waals surface area contributed by atoms with Gasteiger partial charge in [-0.2, -0.15) is 0 Å². The van der Waals surface area contributed by atoms with Crippen molar-refractivity contribution in [3.05, 3.63) is 85.1 Å². The van der Waals surface area contributed by atoms with Gasteiger partial charge in [-0.15, -0.1) is 0 Å². The van der Waals surface area contributed by atoms with E-state index < -0.39 is 26.5 Å². The minimum absolute atomic E-state index is 0.0406. The Hall–Kier alpha value is -2.81. The summed E-state index contributed by atoms with van der Waals surface area (Å²) in [5.74, 6) is -0.867. The van der Waals surface area contributed by atoms with E-state index in [-0.39, 0.29) is 32.0 Å². The smallest absolute Gasteiger partial charge is 0.306 e. The monoisotopic (exact) mass is 1080 g/mol. The highest BCUT2D eigenvalue weighted by molar-refractivity contribution is 7.45. The molecule has 0 heterocycles. The van der Waals surface area contributed by atoms with E-state index in [0.717, 1.165) is 83.5 Å². The van der Waals surface area contributed by atoms with Crippen LogP contribution >= 0.6 is 7.82 Å². The molecule has 0 aromatic carbocycles. The molecule has 0 aliphatic rings. The Balaban J connectivity index is 4.17. The van der Waals surface area contributed by atoms with Gasteiger partial charge in [0.1, 0.15) is 19.8 Å². The third-order valence-electron chi connectivity index (χ3n) is 13.4. The number of hydrogen-bond acceptors (Lipinski definition) is 8. The Kier molecular flexibility index (Phi) is 54.8. The zero-order chi connectivity index (χ0) is 55.6. The van der Waals surface area contributed by atoms with Gasteiger partial charge in [-0.05, 0) is 70.6 Å². The molecule has 0 aliphatic heterocycles. The zero-order valence-electron chi connectivity index (χ0n) is 49.9. The number of phosphoric acid groups is 1. The minimum Gasteiger partial charge on any atom is -0.756 e. The Bertz CT molecular complexity index is 1560. The molecule has 0 amide bonds. The average Bonchev–Trinajstić information content (AvgIpc) is 3.38. The summed E-state index contributed by atoms with van der Waals surface area (Å²) >= 11 is 0. The van der Waals surface area contributed by atoms with Crippen molar-refractivity contribution in [2.24, 2.45) is 0 Å². The quantitative estimate of drug-likeness (QED) is 0.0195. The fourth-order valence-corrected chi connectivity index (χ4v) is 9.37. The van der Waals surface area contributed by atoms with Crippen LogP contribution in [0.25, 0.3) is 0 Å². The lowest BCUT2D eigenvalue weighted by Crippen LogP contribution is -2.37. The van der Waals surface area contributed by atoms with E-state index in [0.29, 0.717) is 17.4 Å². The molecule has 0 saturated heterocycles. The molecule has 76 heavy (non-hydrogen) atoms. The molecule has 0 bridgehead atoms. The number of rotatable bonds is 57. The molecule has 0 rings (SSSR count). The SMILES string of the molecule is CC/C=C\C/C=C\C/C=C\C/C=C\C/C=C\C/C=C\C/C=C\CCCCCC(=O)OC(COC(=O)CCCCCCCCCCCCCCCCCCCCCCCCCCCCC)COP(=O)([O-])OCC[N+](C)(C)C. The Labute approximate surface area is 469 Å². The van der Waals surface area contributed by atoms with Crippen LogP contribution < -0.4 is 4.89 Å². The van der Waals surface area contributed by atoms with Gasteiger partial charge < -0.3 is 27.9 Å². The van der Waals surface area contributed by atoms with Crippen molar-refractivity contribution < 1.29 is 42.1 Å². The number of carbonyl (C=O) groups is 2. The molecule has 0 aromatic heterocycles. The van der Waals surface area contributed by atoms with E-state index in [1.807, 2.05) is 21.1 Å². The largest absolute Gasteiger partial charge is 0.756 e. The molecule has 0 aromatic rings. The molecule has 0 aliphatic carbocycles. The molecular formula is C66H118NO8P. The predicted octanol–water partition coefficient (Wildman–Crippen LogP) is 19.2. The normalized spacial score (nSPS) is 13.8. The van der Waals surface area contributed by atoms with E-state index >= 15 is 0 Å². The number of esters is 2. The molecule has 440 valence electrons. The molecule has 0 saturated carbocycles. The van der Waals surface area contributed by atoms with Crippen LogP contribution in [0.2, 0.25) is 0 Å². The maximum absolute atomic E-state index is 12.8. The second-order valence-corrected chi connectivity index (χ2v) is 23.5. The summed E-state index contributed by atoms with van der Waals surface area (Å²) in [6, 6.07) is 0. The van der Waals surface area contributed by atoms with Crippen LogP contribution in [-0.2, 0) is 32.7 Å². The van der Waals surface area contributed by atoms with Gasteiger partial charge in [-0.1, -0.05) is 272 Å². The number of allylic oxidation sites excluding steroid dienone is 14. The van der Waals surface area contributed by atoms with Crippen LogP contribution in [0.4, 0.5) is 0 Å². The van der Waals surface area contributed by atoms with Crippen LogP contribution in [0.15, 0.2) is 85.1 Å². The summed E-state index contributed by atoms with van der Waals surface area (Å²) in [7, 11) is 1.14. The number of hydrogen-bond donors (Lipinski definition) is 0. The fourth-order valence-electron chi connectivity index (χ4n) is 8.64. The van der Waals surface area contributed by atoms with E-state index in [9.17, 15) is 19.0 Å². The average molecular weight is 1080 g/mol. The third-order valence-corrected chi connectivity index (χ3v) is 14.4. The van der Waals surface area contributed by atoms with Gasteiger partial charge >= 0.3 is 11.9 Å². The molecular weight excluding hydrogens is 966 g/mol. The molecule has 10 heteroatoms. The topological polar surface area (TPSA) is 111 Å². The van der Waals surface area contributed by atoms with E-state index in [2.05, 4.69) is 98.9 Å². The number of likely N-dealkylation sites (N-methyl/N-ethyl adjacent to an activating group) is 1. The summed E-state index contributed by atoms with van der Waals surface area (Å²) in [6.07, 6.45) is 76.5. The van der Waals surface area contributed by atoms with Crippen molar-refractivity contribution in [3.63, 3.8) is 0 Å². The summed E-state index contributed by atoms with van der Waals surface area (Å²) in [5.41, 5.74) is 0. The van der Waals surface area contributed by atoms with Gasteiger partial charge in [0.25, 0.3) is 7.82 Å². The third kappa shape index (κ3) is 60.4. The van der Waals surface area contributed by atoms with Crippen LogP contribution in [0.1, 0.15) is 271 Å². The zero-order valence-corrected chi connectivity index (χ0v) is 50.8. The highest BCUT2D eigenvalue weighted by Gasteiger charge is 2.22. The van der Waals surface area contributed by atoms with Gasteiger partial charge in [0.2, 0.25) is 0 Å². The van der Waals surface area contributed by atoms with E-state index in [1.54, 1.807) is 0 Å². The number of unbranched alkanes of at least 4 members (excludes halogenated alkanes) is 29. The van der Waals surface area contributed by atoms with Crippen molar-refractivity contribution in [1.29, 1.82) is 0 Å². The summed E-state index contributed by atoms with van der Waals surface area (Å²) in [5, 5.41) is 0.